The molecule has 1 atom stereocenters. The molecular weight excluding hydrogens is 328 g/mol. The Hall–Kier alpha value is -2.80. The Labute approximate surface area is 152 Å². The van der Waals surface area contributed by atoms with Gasteiger partial charge in [-0.3, -0.25) is 14.9 Å². The van der Waals surface area contributed by atoms with Gasteiger partial charge in [0.15, 0.2) is 0 Å². The SMILES string of the molecule is Cn1ccnc1CN1CCC[C@@H](c2cncc(Oc3cccnc3)n2)C1. The maximum atomic E-state index is 5.77. The van der Waals surface area contributed by atoms with E-state index in [4.69, 9.17) is 4.74 Å². The number of nitrogens with zero attached hydrogens (tertiary/aromatic N) is 6. The maximum Gasteiger partial charge on any atom is 0.238 e. The van der Waals surface area contributed by atoms with E-state index in [0.29, 0.717) is 17.5 Å². The molecule has 0 bridgehead atoms. The van der Waals surface area contributed by atoms with E-state index in [9.17, 15) is 0 Å². The Morgan fingerprint density at radius 3 is 2.96 bits per heavy atom. The average Bonchev–Trinajstić information content (AvgIpc) is 3.08. The summed E-state index contributed by atoms with van der Waals surface area (Å²) in [6.07, 6.45) is 13.0. The van der Waals surface area contributed by atoms with Crippen LogP contribution >= 0.6 is 0 Å². The van der Waals surface area contributed by atoms with Crippen LogP contribution in [0.25, 0.3) is 0 Å². The van der Waals surface area contributed by atoms with Crippen molar-refractivity contribution in [3.05, 3.63) is 60.8 Å². The normalized spacial score (nSPS) is 18.0. The van der Waals surface area contributed by atoms with Gasteiger partial charge in [0.2, 0.25) is 5.88 Å². The molecule has 0 radical (unpaired) electrons. The van der Waals surface area contributed by atoms with Crippen molar-refractivity contribution in [3.8, 4) is 11.6 Å². The average molecular weight is 350 g/mol. The minimum absolute atomic E-state index is 0.356. The number of hydrogen-bond acceptors (Lipinski definition) is 6. The van der Waals surface area contributed by atoms with Crippen molar-refractivity contribution in [2.75, 3.05) is 13.1 Å². The van der Waals surface area contributed by atoms with Gasteiger partial charge in [-0.2, -0.15) is 0 Å². The number of hydrogen-bond donors (Lipinski definition) is 0. The van der Waals surface area contributed by atoms with Gasteiger partial charge < -0.3 is 9.30 Å². The molecule has 0 unspecified atom stereocenters. The summed E-state index contributed by atoms with van der Waals surface area (Å²) in [5, 5.41) is 0. The zero-order valence-corrected chi connectivity index (χ0v) is 14.8. The smallest absolute Gasteiger partial charge is 0.238 e. The van der Waals surface area contributed by atoms with Gasteiger partial charge in [0, 0.05) is 44.3 Å². The molecule has 7 heteroatoms. The van der Waals surface area contributed by atoms with Crippen molar-refractivity contribution in [1.82, 2.24) is 29.4 Å². The second-order valence-corrected chi connectivity index (χ2v) is 6.60. The van der Waals surface area contributed by atoms with E-state index in [2.05, 4.69) is 29.4 Å². The summed E-state index contributed by atoms with van der Waals surface area (Å²) in [7, 11) is 2.04. The van der Waals surface area contributed by atoms with Crippen LogP contribution in [0.15, 0.2) is 49.3 Å². The van der Waals surface area contributed by atoms with Gasteiger partial charge in [-0.1, -0.05) is 0 Å². The molecule has 4 heterocycles. The number of aromatic nitrogens is 5. The van der Waals surface area contributed by atoms with Crippen LogP contribution in [0.1, 0.15) is 30.3 Å². The molecule has 3 aromatic heterocycles. The molecule has 0 aromatic carbocycles. The molecule has 1 fully saturated rings. The Bertz CT molecular complexity index is 850. The molecule has 0 amide bonds. The predicted molar refractivity (Wildman–Crippen MR) is 96.8 cm³/mol. The Kier molecular flexibility index (Phi) is 4.88. The Balaban J connectivity index is 1.45. The van der Waals surface area contributed by atoms with Crippen LogP contribution in [-0.4, -0.2) is 42.5 Å². The number of pyridine rings is 1. The fourth-order valence-electron chi connectivity index (χ4n) is 3.33. The molecule has 26 heavy (non-hydrogen) atoms. The van der Waals surface area contributed by atoms with Gasteiger partial charge in [-0.05, 0) is 31.5 Å². The summed E-state index contributed by atoms with van der Waals surface area (Å²) in [4.78, 5) is 19.9. The summed E-state index contributed by atoms with van der Waals surface area (Å²) in [6.45, 7) is 2.90. The molecule has 0 N–H and O–H groups in total. The predicted octanol–water partition coefficient (Wildman–Crippen LogP) is 2.78. The fourth-order valence-corrected chi connectivity index (χ4v) is 3.33. The van der Waals surface area contributed by atoms with E-state index in [-0.39, 0.29) is 0 Å². The molecule has 1 aliphatic heterocycles. The van der Waals surface area contributed by atoms with Crippen molar-refractivity contribution >= 4 is 0 Å². The minimum Gasteiger partial charge on any atom is -0.436 e. The van der Waals surface area contributed by atoms with Crippen molar-refractivity contribution in [1.29, 1.82) is 0 Å². The molecule has 0 spiro atoms. The zero-order chi connectivity index (χ0) is 17.8. The highest BCUT2D eigenvalue weighted by Crippen LogP contribution is 2.27. The van der Waals surface area contributed by atoms with Gasteiger partial charge in [0.1, 0.15) is 11.6 Å². The highest BCUT2D eigenvalue weighted by Gasteiger charge is 2.24. The van der Waals surface area contributed by atoms with Crippen molar-refractivity contribution in [2.24, 2.45) is 7.05 Å². The van der Waals surface area contributed by atoms with Crippen LogP contribution in [0.4, 0.5) is 0 Å². The summed E-state index contributed by atoms with van der Waals surface area (Å²) >= 11 is 0. The van der Waals surface area contributed by atoms with Crippen LogP contribution in [0.3, 0.4) is 0 Å². The lowest BCUT2D eigenvalue weighted by atomic mass is 9.95. The first-order valence-electron chi connectivity index (χ1n) is 8.86. The molecule has 1 saturated heterocycles. The van der Waals surface area contributed by atoms with Gasteiger partial charge in [-0.15, -0.1) is 0 Å². The number of piperidine rings is 1. The topological polar surface area (TPSA) is 69.0 Å². The van der Waals surface area contributed by atoms with E-state index < -0.39 is 0 Å². The van der Waals surface area contributed by atoms with E-state index in [1.807, 2.05) is 37.8 Å². The number of ether oxygens (including phenoxy) is 1. The Morgan fingerprint density at radius 2 is 2.15 bits per heavy atom. The van der Waals surface area contributed by atoms with Gasteiger partial charge >= 0.3 is 0 Å². The summed E-state index contributed by atoms with van der Waals surface area (Å²) in [5.74, 6) is 2.62. The molecule has 0 saturated carbocycles. The highest BCUT2D eigenvalue weighted by molar-refractivity contribution is 5.23. The van der Waals surface area contributed by atoms with Gasteiger partial charge in [-0.25, -0.2) is 9.97 Å². The molecule has 134 valence electrons. The van der Waals surface area contributed by atoms with Crippen LogP contribution in [0, 0.1) is 0 Å². The van der Waals surface area contributed by atoms with Crippen molar-refractivity contribution in [3.63, 3.8) is 0 Å². The first-order chi connectivity index (χ1) is 12.8. The third kappa shape index (κ3) is 3.88. The van der Waals surface area contributed by atoms with E-state index in [0.717, 1.165) is 44.0 Å². The number of likely N-dealkylation sites (tertiary alicyclic amines) is 1. The summed E-state index contributed by atoms with van der Waals surface area (Å²) < 4.78 is 7.85. The van der Waals surface area contributed by atoms with Crippen LogP contribution in [0.2, 0.25) is 0 Å². The largest absolute Gasteiger partial charge is 0.436 e. The number of rotatable bonds is 5. The zero-order valence-electron chi connectivity index (χ0n) is 14.8. The van der Waals surface area contributed by atoms with E-state index in [1.165, 1.54) is 0 Å². The molecule has 7 nitrogen and oxygen atoms in total. The van der Waals surface area contributed by atoms with Crippen LogP contribution in [-0.2, 0) is 13.6 Å². The van der Waals surface area contributed by atoms with E-state index >= 15 is 0 Å². The second kappa shape index (κ2) is 7.61. The van der Waals surface area contributed by atoms with Crippen LogP contribution in [0.5, 0.6) is 11.6 Å². The minimum atomic E-state index is 0.356. The molecule has 1 aliphatic rings. The van der Waals surface area contributed by atoms with Crippen molar-refractivity contribution < 1.29 is 4.74 Å². The molecule has 3 aromatic rings. The third-order valence-electron chi connectivity index (χ3n) is 4.70. The second-order valence-electron chi connectivity index (χ2n) is 6.60. The third-order valence-corrected chi connectivity index (χ3v) is 4.70. The standard InChI is InChI=1S/C19H22N6O/c1-24-9-7-22-18(24)14-25-8-3-4-15(13-25)17-11-21-12-19(23-17)26-16-5-2-6-20-10-16/h2,5-7,9-12,15H,3-4,8,13-14H2,1H3/t15-/m1/s1. The summed E-state index contributed by atoms with van der Waals surface area (Å²) in [6, 6.07) is 3.69. The monoisotopic (exact) mass is 350 g/mol. The lowest BCUT2D eigenvalue weighted by molar-refractivity contribution is 0.192. The van der Waals surface area contributed by atoms with Gasteiger partial charge in [0.25, 0.3) is 0 Å². The van der Waals surface area contributed by atoms with Crippen LogP contribution < -0.4 is 4.74 Å². The fraction of sp³-hybridized carbons (Fsp3) is 0.368. The summed E-state index contributed by atoms with van der Waals surface area (Å²) in [5.41, 5.74) is 0.982. The Morgan fingerprint density at radius 1 is 1.19 bits per heavy atom. The quantitative estimate of drug-likeness (QED) is 0.705. The van der Waals surface area contributed by atoms with Crippen molar-refractivity contribution in [2.45, 2.75) is 25.3 Å². The number of aryl methyl sites for hydroxylation is 1. The number of imidazole rings is 1. The first-order valence-corrected chi connectivity index (χ1v) is 8.86. The van der Waals surface area contributed by atoms with E-state index in [1.54, 1.807) is 18.6 Å². The molecular formula is C19H22N6O. The highest BCUT2D eigenvalue weighted by atomic mass is 16.5. The molecule has 4 rings (SSSR count). The maximum absolute atomic E-state index is 5.77. The lowest BCUT2D eigenvalue weighted by Crippen LogP contribution is -2.35. The van der Waals surface area contributed by atoms with Gasteiger partial charge in [0.05, 0.1) is 24.6 Å². The molecule has 0 aliphatic carbocycles. The lowest BCUT2D eigenvalue weighted by Gasteiger charge is -2.32. The first kappa shape index (κ1) is 16.7.